The Bertz CT molecular complexity index is 1500. The average molecular weight is 378 g/mol. The zero-order valence-electron chi connectivity index (χ0n) is 16.1. The SMILES string of the molecule is Cc1c(-c2cc(C)c3ncnn3c2)[nH]c2cc(-c3nc4ccccc4[nH]3)ccc12. The van der Waals surface area contributed by atoms with E-state index >= 15 is 0 Å². The van der Waals surface area contributed by atoms with E-state index in [1.165, 1.54) is 10.9 Å². The summed E-state index contributed by atoms with van der Waals surface area (Å²) in [6.07, 6.45) is 3.61. The molecule has 0 aliphatic heterocycles. The number of hydrogen-bond acceptors (Lipinski definition) is 3. The summed E-state index contributed by atoms with van der Waals surface area (Å²) >= 11 is 0. The summed E-state index contributed by atoms with van der Waals surface area (Å²) in [5.74, 6) is 0.877. The highest BCUT2D eigenvalue weighted by Gasteiger charge is 2.14. The van der Waals surface area contributed by atoms with Crippen LogP contribution < -0.4 is 0 Å². The third-order valence-electron chi connectivity index (χ3n) is 5.57. The summed E-state index contributed by atoms with van der Waals surface area (Å²) in [5, 5.41) is 5.51. The zero-order chi connectivity index (χ0) is 19.5. The van der Waals surface area contributed by atoms with Crippen molar-refractivity contribution in [3.8, 4) is 22.6 Å². The summed E-state index contributed by atoms with van der Waals surface area (Å²) in [5.41, 5.74) is 9.56. The van der Waals surface area contributed by atoms with E-state index in [2.05, 4.69) is 58.2 Å². The van der Waals surface area contributed by atoms with Crippen molar-refractivity contribution in [1.29, 1.82) is 0 Å². The van der Waals surface area contributed by atoms with E-state index in [1.807, 2.05) is 35.0 Å². The van der Waals surface area contributed by atoms with Crippen LogP contribution >= 0.6 is 0 Å². The van der Waals surface area contributed by atoms with Gasteiger partial charge in [-0.1, -0.05) is 24.3 Å². The second kappa shape index (κ2) is 5.78. The first-order chi connectivity index (χ1) is 14.2. The summed E-state index contributed by atoms with van der Waals surface area (Å²) < 4.78 is 1.83. The minimum atomic E-state index is 0.877. The number of hydrogen-bond donors (Lipinski definition) is 2. The van der Waals surface area contributed by atoms with Gasteiger partial charge in [0.1, 0.15) is 12.2 Å². The second-order valence-electron chi connectivity index (χ2n) is 7.43. The molecule has 0 fully saturated rings. The van der Waals surface area contributed by atoms with E-state index < -0.39 is 0 Å². The molecular weight excluding hydrogens is 360 g/mol. The van der Waals surface area contributed by atoms with Crippen LogP contribution in [0.4, 0.5) is 0 Å². The lowest BCUT2D eigenvalue weighted by molar-refractivity contribution is 0.956. The lowest BCUT2D eigenvalue weighted by atomic mass is 10.1. The lowest BCUT2D eigenvalue weighted by Gasteiger charge is -2.04. The van der Waals surface area contributed by atoms with E-state index in [4.69, 9.17) is 4.98 Å². The molecule has 6 heteroatoms. The van der Waals surface area contributed by atoms with Gasteiger partial charge in [0.15, 0.2) is 5.65 Å². The quantitative estimate of drug-likeness (QED) is 0.443. The monoisotopic (exact) mass is 378 g/mol. The number of fused-ring (bicyclic) bond motifs is 3. The van der Waals surface area contributed by atoms with Crippen molar-refractivity contribution in [1.82, 2.24) is 29.5 Å². The molecule has 0 atom stereocenters. The Balaban J connectivity index is 1.51. The summed E-state index contributed by atoms with van der Waals surface area (Å²) in [4.78, 5) is 16.1. The fourth-order valence-electron chi connectivity index (χ4n) is 4.09. The molecule has 140 valence electrons. The van der Waals surface area contributed by atoms with Gasteiger partial charge in [0.2, 0.25) is 0 Å². The van der Waals surface area contributed by atoms with E-state index in [0.29, 0.717) is 0 Å². The molecule has 0 radical (unpaired) electrons. The van der Waals surface area contributed by atoms with Crippen molar-refractivity contribution in [2.45, 2.75) is 13.8 Å². The van der Waals surface area contributed by atoms with E-state index in [0.717, 1.165) is 50.4 Å². The van der Waals surface area contributed by atoms with Gasteiger partial charge in [0.05, 0.1) is 16.7 Å². The van der Waals surface area contributed by atoms with Crippen molar-refractivity contribution < 1.29 is 0 Å². The number of aromatic nitrogens is 6. The third kappa shape index (κ3) is 2.39. The normalized spacial score (nSPS) is 11.8. The Morgan fingerprint density at radius 2 is 1.79 bits per heavy atom. The molecule has 0 spiro atoms. The highest BCUT2D eigenvalue weighted by Crippen LogP contribution is 2.33. The highest BCUT2D eigenvalue weighted by molar-refractivity contribution is 5.93. The number of H-pyrrole nitrogens is 2. The Morgan fingerprint density at radius 3 is 2.69 bits per heavy atom. The Hall–Kier alpha value is -3.93. The van der Waals surface area contributed by atoms with Crippen LogP contribution in [-0.4, -0.2) is 29.5 Å². The molecular formula is C23H18N6. The molecule has 29 heavy (non-hydrogen) atoms. The molecule has 2 aromatic carbocycles. The Morgan fingerprint density at radius 1 is 0.897 bits per heavy atom. The van der Waals surface area contributed by atoms with Crippen LogP contribution in [-0.2, 0) is 0 Å². The number of para-hydroxylation sites is 2. The van der Waals surface area contributed by atoms with Crippen LogP contribution in [0.1, 0.15) is 11.1 Å². The standard InChI is InChI=1S/C23H18N6/c1-13-9-16(11-29-23(13)24-12-25-29)21-14(2)17-8-7-15(10-20(17)26-21)22-27-18-5-3-4-6-19(18)28-22/h3-12,26H,1-2H3,(H,27,28). The van der Waals surface area contributed by atoms with Gasteiger partial charge in [0.25, 0.3) is 0 Å². The van der Waals surface area contributed by atoms with Crippen LogP contribution in [0.3, 0.4) is 0 Å². The van der Waals surface area contributed by atoms with Gasteiger partial charge < -0.3 is 9.97 Å². The fraction of sp³-hybridized carbons (Fsp3) is 0.0870. The number of aryl methyl sites for hydroxylation is 2. The van der Waals surface area contributed by atoms with Crippen molar-refractivity contribution in [2.24, 2.45) is 0 Å². The number of nitrogens with zero attached hydrogens (tertiary/aromatic N) is 4. The molecule has 6 nitrogen and oxygen atoms in total. The number of benzene rings is 2. The van der Waals surface area contributed by atoms with Gasteiger partial charge in [0, 0.05) is 28.2 Å². The van der Waals surface area contributed by atoms with Gasteiger partial charge in [-0.25, -0.2) is 14.5 Å². The molecule has 0 unspecified atom stereocenters. The topological polar surface area (TPSA) is 74.7 Å². The van der Waals surface area contributed by atoms with E-state index in [9.17, 15) is 0 Å². The maximum Gasteiger partial charge on any atom is 0.158 e. The molecule has 0 aliphatic rings. The maximum absolute atomic E-state index is 4.73. The zero-order valence-corrected chi connectivity index (χ0v) is 16.1. The van der Waals surface area contributed by atoms with Gasteiger partial charge in [-0.2, -0.15) is 5.10 Å². The molecule has 0 saturated carbocycles. The summed E-state index contributed by atoms with van der Waals surface area (Å²) in [6, 6.07) is 16.7. The molecule has 0 amide bonds. The maximum atomic E-state index is 4.73. The molecule has 2 N–H and O–H groups in total. The van der Waals surface area contributed by atoms with Crippen molar-refractivity contribution in [2.75, 3.05) is 0 Å². The molecule has 4 aromatic heterocycles. The van der Waals surface area contributed by atoms with Crippen LogP contribution in [0, 0.1) is 13.8 Å². The summed E-state index contributed by atoms with van der Waals surface area (Å²) in [7, 11) is 0. The van der Waals surface area contributed by atoms with Gasteiger partial charge in [-0.15, -0.1) is 0 Å². The fourth-order valence-corrected chi connectivity index (χ4v) is 4.09. The van der Waals surface area contributed by atoms with Crippen molar-refractivity contribution in [3.05, 3.63) is 72.2 Å². The Kier molecular flexibility index (Phi) is 3.20. The molecule has 0 saturated heterocycles. The molecule has 6 rings (SSSR count). The van der Waals surface area contributed by atoms with Crippen molar-refractivity contribution >= 4 is 27.6 Å². The van der Waals surface area contributed by atoms with Gasteiger partial charge in [-0.3, -0.25) is 0 Å². The van der Waals surface area contributed by atoms with E-state index in [1.54, 1.807) is 6.33 Å². The Labute approximate surface area is 166 Å². The predicted octanol–water partition coefficient (Wildman–Crippen LogP) is 5.04. The lowest BCUT2D eigenvalue weighted by Crippen LogP contribution is -1.93. The average Bonchev–Trinajstić information content (AvgIpc) is 3.44. The first kappa shape index (κ1) is 16.1. The molecule has 0 bridgehead atoms. The van der Waals surface area contributed by atoms with Crippen LogP contribution in [0.5, 0.6) is 0 Å². The second-order valence-corrected chi connectivity index (χ2v) is 7.43. The minimum absolute atomic E-state index is 0.877. The molecule has 6 aromatic rings. The highest BCUT2D eigenvalue weighted by atomic mass is 15.3. The van der Waals surface area contributed by atoms with E-state index in [-0.39, 0.29) is 0 Å². The first-order valence-corrected chi connectivity index (χ1v) is 9.55. The van der Waals surface area contributed by atoms with Gasteiger partial charge >= 0.3 is 0 Å². The number of imidazole rings is 1. The molecule has 0 aliphatic carbocycles. The van der Waals surface area contributed by atoms with Crippen LogP contribution in [0.25, 0.3) is 50.2 Å². The minimum Gasteiger partial charge on any atom is -0.354 e. The molecule has 4 heterocycles. The van der Waals surface area contributed by atoms with Crippen LogP contribution in [0.2, 0.25) is 0 Å². The van der Waals surface area contributed by atoms with Gasteiger partial charge in [-0.05, 0) is 49.2 Å². The third-order valence-corrected chi connectivity index (χ3v) is 5.57. The first-order valence-electron chi connectivity index (χ1n) is 9.55. The smallest absolute Gasteiger partial charge is 0.158 e. The number of aromatic amines is 2. The number of nitrogens with one attached hydrogen (secondary N) is 2. The largest absolute Gasteiger partial charge is 0.354 e. The van der Waals surface area contributed by atoms with Crippen molar-refractivity contribution in [3.63, 3.8) is 0 Å². The number of rotatable bonds is 2. The van der Waals surface area contributed by atoms with Crippen LogP contribution in [0.15, 0.2) is 61.1 Å². The number of pyridine rings is 1. The predicted molar refractivity (Wildman–Crippen MR) is 115 cm³/mol. The summed E-state index contributed by atoms with van der Waals surface area (Å²) in [6.45, 7) is 4.21.